The zero-order valence-electron chi connectivity index (χ0n) is 12.8. The molecule has 0 aliphatic carbocycles. The lowest BCUT2D eigenvalue weighted by molar-refractivity contribution is -0.144. The smallest absolute Gasteiger partial charge is 0.326 e. The number of hydrogen-bond donors (Lipinski definition) is 2. The quantitative estimate of drug-likeness (QED) is 0.828. The Hall–Kier alpha value is -2.09. The molecule has 132 valence electrons. The van der Waals surface area contributed by atoms with Gasteiger partial charge in [0, 0.05) is 19.6 Å². The lowest BCUT2D eigenvalue weighted by Gasteiger charge is -2.37. The molecule has 5 nitrogen and oxygen atoms in total. The summed E-state index contributed by atoms with van der Waals surface area (Å²) in [4.78, 5) is 23.8. The van der Waals surface area contributed by atoms with Crippen LogP contribution < -0.4 is 5.32 Å². The van der Waals surface area contributed by atoms with Gasteiger partial charge in [0.1, 0.15) is 11.9 Å². The molecule has 8 heteroatoms. The second-order valence-corrected chi connectivity index (χ2v) is 5.69. The predicted molar refractivity (Wildman–Crippen MR) is 78.3 cm³/mol. The summed E-state index contributed by atoms with van der Waals surface area (Å²) in [5.41, 5.74) is -0.618. The highest BCUT2D eigenvalue weighted by Gasteiger charge is 2.43. The van der Waals surface area contributed by atoms with Crippen LogP contribution in [0.4, 0.5) is 13.2 Å². The van der Waals surface area contributed by atoms with Gasteiger partial charge in [0.25, 0.3) is 0 Å². The van der Waals surface area contributed by atoms with Crippen molar-refractivity contribution in [3.8, 4) is 0 Å². The fourth-order valence-corrected chi connectivity index (χ4v) is 2.83. The van der Waals surface area contributed by atoms with Crippen LogP contribution in [0.5, 0.6) is 0 Å². The fourth-order valence-electron chi connectivity index (χ4n) is 2.83. The third kappa shape index (κ3) is 4.05. The summed E-state index contributed by atoms with van der Waals surface area (Å²) in [6.45, 7) is 0.523. The molecule has 1 atom stereocenters. The molecule has 0 radical (unpaired) electrons. The van der Waals surface area contributed by atoms with Crippen LogP contribution in [0.15, 0.2) is 24.3 Å². The molecule has 0 bridgehead atoms. The number of benzene rings is 1. The van der Waals surface area contributed by atoms with Crippen LogP contribution >= 0.6 is 0 Å². The molecular weight excluding hydrogens is 327 g/mol. The standard InChI is InChI=1S/C16H18F3NO4/c17-11-3-1-10(2-4-11)16(5-7-24-8-6-16)15(23)20-12(14(21)22)9-13(18)19/h1-4,12-13H,5-9H2,(H,20,23)(H,21,22). The number of halogens is 3. The summed E-state index contributed by atoms with van der Waals surface area (Å²) in [5.74, 6) is -2.65. The highest BCUT2D eigenvalue weighted by molar-refractivity contribution is 5.91. The number of rotatable bonds is 6. The molecule has 1 aromatic rings. The Morgan fingerprint density at radius 2 is 1.79 bits per heavy atom. The molecular formula is C16H18F3NO4. The Morgan fingerprint density at radius 3 is 2.29 bits per heavy atom. The van der Waals surface area contributed by atoms with Gasteiger partial charge in [-0.1, -0.05) is 12.1 Å². The number of hydrogen-bond acceptors (Lipinski definition) is 3. The van der Waals surface area contributed by atoms with E-state index in [2.05, 4.69) is 5.32 Å². The van der Waals surface area contributed by atoms with Crippen molar-refractivity contribution in [3.05, 3.63) is 35.6 Å². The molecule has 1 saturated heterocycles. The average molecular weight is 345 g/mol. The molecule has 2 N–H and O–H groups in total. The zero-order valence-corrected chi connectivity index (χ0v) is 12.8. The number of amides is 1. The molecule has 1 unspecified atom stereocenters. The highest BCUT2D eigenvalue weighted by Crippen LogP contribution is 2.35. The molecule has 0 saturated carbocycles. The van der Waals surface area contributed by atoms with Gasteiger partial charge in [-0.2, -0.15) is 0 Å². The van der Waals surface area contributed by atoms with E-state index in [0.29, 0.717) is 5.56 Å². The first kappa shape index (κ1) is 18.3. The topological polar surface area (TPSA) is 75.6 Å². The van der Waals surface area contributed by atoms with Crippen LogP contribution in [0.2, 0.25) is 0 Å². The monoisotopic (exact) mass is 345 g/mol. The van der Waals surface area contributed by atoms with Gasteiger partial charge < -0.3 is 15.2 Å². The minimum atomic E-state index is -2.86. The number of ether oxygens (including phenoxy) is 1. The van der Waals surface area contributed by atoms with Crippen LogP contribution in [0, 0.1) is 5.82 Å². The van der Waals surface area contributed by atoms with Crippen LogP contribution in [0.3, 0.4) is 0 Å². The van der Waals surface area contributed by atoms with E-state index < -0.39 is 42.0 Å². The second-order valence-electron chi connectivity index (χ2n) is 5.69. The summed E-state index contributed by atoms with van der Waals surface area (Å²) in [6.07, 6.45) is -3.32. The maximum absolute atomic E-state index is 13.2. The Kier molecular flexibility index (Phi) is 5.82. The van der Waals surface area contributed by atoms with Crippen molar-refractivity contribution in [2.45, 2.75) is 37.1 Å². The van der Waals surface area contributed by atoms with Crippen molar-refractivity contribution < 1.29 is 32.6 Å². The van der Waals surface area contributed by atoms with Gasteiger partial charge in [-0.3, -0.25) is 4.79 Å². The van der Waals surface area contributed by atoms with Gasteiger partial charge >= 0.3 is 5.97 Å². The summed E-state index contributed by atoms with van der Waals surface area (Å²) < 4.78 is 43.4. The lowest BCUT2D eigenvalue weighted by Crippen LogP contribution is -2.53. The van der Waals surface area contributed by atoms with Crippen molar-refractivity contribution in [1.29, 1.82) is 0 Å². The first-order chi connectivity index (χ1) is 11.3. The summed E-state index contributed by atoms with van der Waals surface area (Å²) in [6, 6.07) is 3.62. The molecule has 1 fully saturated rings. The van der Waals surface area contributed by atoms with Crippen molar-refractivity contribution in [2.24, 2.45) is 0 Å². The molecule has 1 heterocycles. The Balaban J connectivity index is 2.28. The van der Waals surface area contributed by atoms with E-state index in [0.717, 1.165) is 0 Å². The number of alkyl halides is 2. The van der Waals surface area contributed by atoms with E-state index in [4.69, 9.17) is 9.84 Å². The molecule has 1 aliphatic heterocycles. The van der Waals surface area contributed by atoms with Crippen molar-refractivity contribution in [2.75, 3.05) is 13.2 Å². The van der Waals surface area contributed by atoms with E-state index in [1.807, 2.05) is 0 Å². The lowest BCUT2D eigenvalue weighted by atomic mass is 9.73. The SMILES string of the molecule is O=C(O)C(CC(F)F)NC(=O)C1(c2ccc(F)cc2)CCOCC1. The van der Waals surface area contributed by atoms with E-state index in [-0.39, 0.29) is 26.1 Å². The van der Waals surface area contributed by atoms with Gasteiger partial charge in [-0.05, 0) is 30.5 Å². The van der Waals surface area contributed by atoms with Gasteiger partial charge in [0.2, 0.25) is 12.3 Å². The molecule has 0 spiro atoms. The number of carbonyl (C=O) groups is 2. The summed E-state index contributed by atoms with van der Waals surface area (Å²) >= 11 is 0. The summed E-state index contributed by atoms with van der Waals surface area (Å²) in [5, 5.41) is 11.2. The van der Waals surface area contributed by atoms with Crippen LogP contribution in [-0.2, 0) is 19.7 Å². The molecule has 0 aromatic heterocycles. The van der Waals surface area contributed by atoms with E-state index in [9.17, 15) is 22.8 Å². The van der Waals surface area contributed by atoms with E-state index in [1.54, 1.807) is 0 Å². The zero-order chi connectivity index (χ0) is 17.7. The third-order valence-corrected chi connectivity index (χ3v) is 4.20. The molecule has 1 aliphatic rings. The largest absolute Gasteiger partial charge is 0.480 e. The molecule has 24 heavy (non-hydrogen) atoms. The van der Waals surface area contributed by atoms with E-state index in [1.165, 1.54) is 24.3 Å². The van der Waals surface area contributed by atoms with Crippen molar-refractivity contribution in [3.63, 3.8) is 0 Å². The van der Waals surface area contributed by atoms with Crippen molar-refractivity contribution >= 4 is 11.9 Å². The maximum atomic E-state index is 13.2. The van der Waals surface area contributed by atoms with Gasteiger partial charge in [0.05, 0.1) is 5.41 Å². The first-order valence-corrected chi connectivity index (χ1v) is 7.51. The number of nitrogens with one attached hydrogen (secondary N) is 1. The number of carboxylic acid groups (broad SMARTS) is 1. The third-order valence-electron chi connectivity index (χ3n) is 4.20. The van der Waals surface area contributed by atoms with Crippen LogP contribution in [-0.4, -0.2) is 42.7 Å². The Morgan fingerprint density at radius 1 is 1.21 bits per heavy atom. The molecule has 1 aromatic carbocycles. The normalized spacial score (nSPS) is 18.2. The first-order valence-electron chi connectivity index (χ1n) is 7.51. The summed E-state index contributed by atoms with van der Waals surface area (Å²) in [7, 11) is 0. The molecule has 1 amide bonds. The minimum Gasteiger partial charge on any atom is -0.480 e. The Bertz CT molecular complexity index is 585. The highest BCUT2D eigenvalue weighted by atomic mass is 19.3. The Labute approximate surface area is 136 Å². The number of carboxylic acids is 1. The van der Waals surface area contributed by atoms with Gasteiger partial charge in [0.15, 0.2) is 0 Å². The number of carbonyl (C=O) groups excluding carboxylic acids is 1. The van der Waals surface area contributed by atoms with Gasteiger partial charge in [-0.25, -0.2) is 18.0 Å². The minimum absolute atomic E-state index is 0.255. The van der Waals surface area contributed by atoms with Crippen LogP contribution in [0.25, 0.3) is 0 Å². The van der Waals surface area contributed by atoms with Crippen molar-refractivity contribution in [1.82, 2.24) is 5.32 Å². The predicted octanol–water partition coefficient (Wildman–Crippen LogP) is 2.10. The van der Waals surface area contributed by atoms with Crippen LogP contribution in [0.1, 0.15) is 24.8 Å². The van der Waals surface area contributed by atoms with Gasteiger partial charge in [-0.15, -0.1) is 0 Å². The maximum Gasteiger partial charge on any atom is 0.326 e. The van der Waals surface area contributed by atoms with E-state index >= 15 is 0 Å². The fraction of sp³-hybridized carbons (Fsp3) is 0.500. The second kappa shape index (κ2) is 7.65. The average Bonchev–Trinajstić information content (AvgIpc) is 2.55. The number of aliphatic carboxylic acids is 1. The molecule has 2 rings (SSSR count).